The van der Waals surface area contributed by atoms with Crippen molar-refractivity contribution < 1.29 is 9.13 Å². The molecule has 1 fully saturated rings. The maximum absolute atomic E-state index is 15.2. The van der Waals surface area contributed by atoms with Crippen LogP contribution in [0.4, 0.5) is 4.39 Å². The Morgan fingerprint density at radius 3 is 2.70 bits per heavy atom. The van der Waals surface area contributed by atoms with Crippen LogP contribution in [0.3, 0.4) is 0 Å². The Morgan fingerprint density at radius 1 is 1.23 bits per heavy atom. The van der Waals surface area contributed by atoms with Gasteiger partial charge in [-0.15, -0.1) is 0 Å². The number of aromatic amines is 1. The van der Waals surface area contributed by atoms with Crippen molar-refractivity contribution in [3.8, 4) is 16.9 Å². The molecule has 3 atom stereocenters. The number of aromatic nitrogens is 3. The van der Waals surface area contributed by atoms with E-state index < -0.39 is 11.5 Å². The maximum Gasteiger partial charge on any atom is 0.354 e. The van der Waals surface area contributed by atoms with Gasteiger partial charge in [0, 0.05) is 30.2 Å². The van der Waals surface area contributed by atoms with Gasteiger partial charge in [0.1, 0.15) is 5.65 Å². The number of fused-ring (bicyclic) bond motifs is 1. The summed E-state index contributed by atoms with van der Waals surface area (Å²) in [5, 5.41) is 0.766. The molecule has 44 heavy (non-hydrogen) atoms. The molecule has 5 N–H and O–H groups in total. The van der Waals surface area contributed by atoms with E-state index in [0.717, 1.165) is 49.7 Å². The standard InChI is InChI=1S/C34H42ClFN6O2/c1-20(2)5-4-6-22-14-28(32(36)29(35)15-22)30-17-25-19-42(34(43)41-33(25)40-30)26-9-7-24(8-10-26)31-16-23(11-12-39-21(3)38)13-27(18-37)44-31/h7-10,14-15,17,19-20,23,27,31H,4-6,11-13,16,18,37H2,1-3H3,(H2,38,39)(H,40,41,43)/t23-,27-,31-/m1/s1. The van der Waals surface area contributed by atoms with Crippen LogP contribution in [0.5, 0.6) is 0 Å². The molecule has 0 unspecified atom stereocenters. The predicted molar refractivity (Wildman–Crippen MR) is 176 cm³/mol. The number of amidine groups is 1. The summed E-state index contributed by atoms with van der Waals surface area (Å²) in [6.45, 7) is 7.33. The van der Waals surface area contributed by atoms with Gasteiger partial charge in [0.15, 0.2) is 5.82 Å². The van der Waals surface area contributed by atoms with E-state index in [9.17, 15) is 4.79 Å². The van der Waals surface area contributed by atoms with Crippen LogP contribution in [-0.4, -0.2) is 39.6 Å². The molecular formula is C34H42ClFN6O2. The van der Waals surface area contributed by atoms with Crippen LogP contribution in [-0.2, 0) is 11.2 Å². The molecule has 2 aromatic carbocycles. The first-order valence-corrected chi connectivity index (χ1v) is 15.8. The second-order valence-electron chi connectivity index (χ2n) is 12.3. The maximum atomic E-state index is 15.2. The second kappa shape index (κ2) is 14.1. The zero-order valence-electron chi connectivity index (χ0n) is 25.7. The predicted octanol–water partition coefficient (Wildman–Crippen LogP) is 6.71. The van der Waals surface area contributed by atoms with Gasteiger partial charge < -0.3 is 21.2 Å². The Labute approximate surface area is 262 Å². The van der Waals surface area contributed by atoms with Crippen LogP contribution in [0.15, 0.2) is 58.4 Å². The molecule has 1 aliphatic heterocycles. The Hall–Kier alpha value is -3.53. The quantitative estimate of drug-likeness (QED) is 0.127. The first-order chi connectivity index (χ1) is 21.1. The van der Waals surface area contributed by atoms with E-state index in [1.165, 1.54) is 4.57 Å². The number of aryl methyl sites for hydroxylation is 1. The van der Waals surface area contributed by atoms with Gasteiger partial charge in [0.05, 0.1) is 34.4 Å². The van der Waals surface area contributed by atoms with Gasteiger partial charge in [0.2, 0.25) is 0 Å². The van der Waals surface area contributed by atoms with Crippen molar-refractivity contribution in [1.82, 2.24) is 14.5 Å². The van der Waals surface area contributed by atoms with Gasteiger partial charge in [-0.2, -0.15) is 4.98 Å². The average molecular weight is 621 g/mol. The highest BCUT2D eigenvalue weighted by atomic mass is 35.5. The Morgan fingerprint density at radius 2 is 2.00 bits per heavy atom. The smallest absolute Gasteiger partial charge is 0.354 e. The molecular weight excluding hydrogens is 579 g/mol. The van der Waals surface area contributed by atoms with Crippen molar-refractivity contribution >= 4 is 28.5 Å². The van der Waals surface area contributed by atoms with Crippen LogP contribution in [0.25, 0.3) is 28.0 Å². The molecule has 0 saturated carbocycles. The second-order valence-corrected chi connectivity index (χ2v) is 12.7. The van der Waals surface area contributed by atoms with Crippen molar-refractivity contribution in [2.75, 3.05) is 13.1 Å². The van der Waals surface area contributed by atoms with E-state index in [1.807, 2.05) is 30.3 Å². The molecule has 0 aliphatic carbocycles. The molecule has 5 rings (SSSR count). The van der Waals surface area contributed by atoms with Crippen LogP contribution >= 0.6 is 11.6 Å². The van der Waals surface area contributed by atoms with Crippen LogP contribution < -0.4 is 17.2 Å². The van der Waals surface area contributed by atoms with E-state index in [2.05, 4.69) is 28.8 Å². The molecule has 0 bridgehead atoms. The van der Waals surface area contributed by atoms with Crippen molar-refractivity contribution in [2.45, 2.75) is 71.5 Å². The normalized spacial score (nSPS) is 19.2. The van der Waals surface area contributed by atoms with Crippen LogP contribution in [0, 0.1) is 17.7 Å². The molecule has 2 aromatic heterocycles. The topological polar surface area (TPSA) is 124 Å². The van der Waals surface area contributed by atoms with Gasteiger partial charge >= 0.3 is 5.69 Å². The van der Waals surface area contributed by atoms with Gasteiger partial charge in [-0.25, -0.2) is 9.18 Å². The minimum Gasteiger partial charge on any atom is -0.388 e. The SMILES string of the molecule is CC(N)=NCC[C@@H]1C[C@H](CN)O[C@@H](c2ccc(-n3cc4cc(-c5cc(CCCC(C)C)cc(Cl)c5F)[nH]c4nc3=O)cc2)C1. The zero-order valence-corrected chi connectivity index (χ0v) is 26.4. The number of nitrogens with two attached hydrogens (primary N) is 2. The molecule has 10 heteroatoms. The molecule has 0 spiro atoms. The largest absolute Gasteiger partial charge is 0.388 e. The lowest BCUT2D eigenvalue weighted by molar-refractivity contribution is -0.0690. The summed E-state index contributed by atoms with van der Waals surface area (Å²) in [5.41, 5.74) is 15.2. The lowest BCUT2D eigenvalue weighted by atomic mass is 9.86. The van der Waals surface area contributed by atoms with E-state index in [-0.39, 0.29) is 17.2 Å². The third-order valence-corrected chi connectivity index (χ3v) is 8.61. The Kier molecular flexibility index (Phi) is 10.2. The number of halogens is 2. The lowest BCUT2D eigenvalue weighted by Gasteiger charge is -2.35. The first kappa shape index (κ1) is 31.9. The summed E-state index contributed by atoms with van der Waals surface area (Å²) in [6.07, 6.45) is 7.22. The molecule has 8 nitrogen and oxygen atoms in total. The number of ether oxygens (including phenoxy) is 1. The fourth-order valence-electron chi connectivity index (χ4n) is 6.01. The third-order valence-electron chi connectivity index (χ3n) is 8.34. The summed E-state index contributed by atoms with van der Waals surface area (Å²) < 4.78 is 23.0. The molecule has 3 heterocycles. The summed E-state index contributed by atoms with van der Waals surface area (Å²) in [5.74, 6) is 1.13. The average Bonchev–Trinajstić information content (AvgIpc) is 3.40. The minimum atomic E-state index is -0.497. The highest BCUT2D eigenvalue weighted by Gasteiger charge is 2.29. The Bertz CT molecular complexity index is 1680. The number of nitrogens with zero attached hydrogens (tertiary/aromatic N) is 3. The lowest BCUT2D eigenvalue weighted by Crippen LogP contribution is -2.34. The van der Waals surface area contributed by atoms with E-state index >= 15 is 4.39 Å². The molecule has 4 aromatic rings. The van der Waals surface area contributed by atoms with Crippen LogP contribution in [0.1, 0.15) is 70.1 Å². The molecule has 1 aliphatic rings. The minimum absolute atomic E-state index is 0.0150. The molecule has 0 amide bonds. The number of hydrogen-bond acceptors (Lipinski definition) is 5. The number of hydrogen-bond donors (Lipinski definition) is 3. The summed E-state index contributed by atoms with van der Waals surface area (Å²) in [7, 11) is 0. The highest BCUT2D eigenvalue weighted by molar-refractivity contribution is 6.31. The fourth-order valence-corrected chi connectivity index (χ4v) is 6.26. The van der Waals surface area contributed by atoms with Crippen molar-refractivity contribution in [3.05, 3.63) is 81.1 Å². The number of benzene rings is 2. The van der Waals surface area contributed by atoms with Crippen molar-refractivity contribution in [1.29, 1.82) is 0 Å². The molecule has 0 radical (unpaired) electrons. The zero-order chi connectivity index (χ0) is 31.4. The summed E-state index contributed by atoms with van der Waals surface area (Å²) in [6, 6.07) is 13.1. The van der Waals surface area contributed by atoms with Crippen molar-refractivity contribution in [2.24, 2.45) is 28.3 Å². The number of nitrogens with one attached hydrogen (secondary N) is 1. The summed E-state index contributed by atoms with van der Waals surface area (Å²) >= 11 is 6.28. The number of H-pyrrole nitrogens is 1. The fraction of sp³-hybridized carbons (Fsp3) is 0.441. The first-order valence-electron chi connectivity index (χ1n) is 15.4. The van der Waals surface area contributed by atoms with Gasteiger partial charge in [0.25, 0.3) is 0 Å². The van der Waals surface area contributed by atoms with Gasteiger partial charge in [-0.05, 0) is 92.3 Å². The highest BCUT2D eigenvalue weighted by Crippen LogP contribution is 2.37. The van der Waals surface area contributed by atoms with E-state index in [0.29, 0.717) is 58.7 Å². The number of aliphatic imine (C=N–C) groups is 1. The van der Waals surface area contributed by atoms with Gasteiger partial charge in [-0.3, -0.25) is 9.56 Å². The van der Waals surface area contributed by atoms with Crippen molar-refractivity contribution in [3.63, 3.8) is 0 Å². The number of rotatable bonds is 11. The van der Waals surface area contributed by atoms with E-state index in [1.54, 1.807) is 25.3 Å². The molecule has 234 valence electrons. The molecule has 1 saturated heterocycles. The Balaban J connectivity index is 1.37. The van der Waals surface area contributed by atoms with Gasteiger partial charge in [-0.1, -0.05) is 44.0 Å². The van der Waals surface area contributed by atoms with Crippen LogP contribution in [0.2, 0.25) is 5.02 Å². The summed E-state index contributed by atoms with van der Waals surface area (Å²) in [4.78, 5) is 24.8. The third kappa shape index (κ3) is 7.57. The monoisotopic (exact) mass is 620 g/mol. The van der Waals surface area contributed by atoms with E-state index in [4.69, 9.17) is 27.8 Å².